The fraction of sp³-hybridized carbons (Fsp3) is 0.938. The van der Waals surface area contributed by atoms with Crippen molar-refractivity contribution in [3.8, 4) is 0 Å². The van der Waals surface area contributed by atoms with Crippen LogP contribution < -0.4 is 5.32 Å². The van der Waals surface area contributed by atoms with Gasteiger partial charge in [-0.25, -0.2) is 0 Å². The van der Waals surface area contributed by atoms with Crippen molar-refractivity contribution in [1.82, 2.24) is 18.8 Å². The second-order valence-corrected chi connectivity index (χ2v) is 8.90. The average molecular weight is 361 g/mol. The topological polar surface area (TPSA) is 73.0 Å². The molecule has 1 amide bonds. The normalized spacial score (nSPS) is 26.2. The van der Waals surface area contributed by atoms with Gasteiger partial charge in [-0.05, 0) is 33.1 Å². The molecule has 0 saturated carbocycles. The summed E-state index contributed by atoms with van der Waals surface area (Å²) in [6.07, 6.45) is 3.90. The lowest BCUT2D eigenvalue weighted by Crippen LogP contribution is -2.56. The van der Waals surface area contributed by atoms with E-state index in [1.165, 1.54) is 0 Å². The van der Waals surface area contributed by atoms with Crippen molar-refractivity contribution in [2.24, 2.45) is 0 Å². The minimum atomic E-state index is -3.37. The largest absolute Gasteiger partial charge is 0.353 e. The van der Waals surface area contributed by atoms with E-state index in [9.17, 15) is 13.2 Å². The molecule has 0 bridgehead atoms. The summed E-state index contributed by atoms with van der Waals surface area (Å²) in [5.41, 5.74) is 0. The van der Waals surface area contributed by atoms with Crippen LogP contribution in [0.15, 0.2) is 0 Å². The molecule has 2 aliphatic heterocycles. The molecular formula is C16H32N4O3S. The van der Waals surface area contributed by atoms with Gasteiger partial charge in [0.05, 0.1) is 6.54 Å². The number of nitrogens with one attached hydrogen (secondary N) is 1. The van der Waals surface area contributed by atoms with Gasteiger partial charge in [-0.15, -0.1) is 0 Å². The van der Waals surface area contributed by atoms with Crippen LogP contribution in [0.1, 0.15) is 46.5 Å². The summed E-state index contributed by atoms with van der Waals surface area (Å²) in [6.45, 7) is 9.12. The molecular weight excluding hydrogens is 328 g/mol. The standard InChI is InChI=1S/C16H32N4O3S/c1-4-14(2)17-16(21)13-18-9-11-19(12-10-18)24(22,23)20-8-6-5-7-15(20)3/h14-15H,4-13H2,1-3H3,(H,17,21). The second kappa shape index (κ2) is 8.60. The lowest BCUT2D eigenvalue weighted by molar-refractivity contribution is -0.123. The molecule has 2 unspecified atom stereocenters. The van der Waals surface area contributed by atoms with E-state index in [2.05, 4.69) is 5.32 Å². The quantitative estimate of drug-likeness (QED) is 0.754. The van der Waals surface area contributed by atoms with Gasteiger partial charge in [0.15, 0.2) is 0 Å². The number of nitrogens with zero attached hydrogens (tertiary/aromatic N) is 3. The van der Waals surface area contributed by atoms with Crippen LogP contribution >= 0.6 is 0 Å². The second-order valence-electron chi connectivity index (χ2n) is 7.02. The molecule has 2 atom stereocenters. The zero-order valence-electron chi connectivity index (χ0n) is 15.2. The molecule has 1 N–H and O–H groups in total. The maximum Gasteiger partial charge on any atom is 0.282 e. The number of carbonyl (C=O) groups excluding carboxylic acids is 1. The summed E-state index contributed by atoms with van der Waals surface area (Å²) in [5.74, 6) is 0.0188. The molecule has 8 heteroatoms. The minimum Gasteiger partial charge on any atom is -0.353 e. The van der Waals surface area contributed by atoms with Crippen LogP contribution in [-0.4, -0.2) is 79.2 Å². The number of rotatable bonds is 6. The summed E-state index contributed by atoms with van der Waals surface area (Å²) in [7, 11) is -3.37. The first-order chi connectivity index (χ1) is 11.3. The van der Waals surface area contributed by atoms with E-state index in [4.69, 9.17) is 0 Å². The average Bonchev–Trinajstić information content (AvgIpc) is 2.55. The van der Waals surface area contributed by atoms with Gasteiger partial charge < -0.3 is 5.32 Å². The van der Waals surface area contributed by atoms with Crippen molar-refractivity contribution >= 4 is 16.1 Å². The van der Waals surface area contributed by atoms with Crippen LogP contribution in [0, 0.1) is 0 Å². The fourth-order valence-electron chi connectivity index (χ4n) is 3.31. The Labute approximate surface area is 146 Å². The van der Waals surface area contributed by atoms with Gasteiger partial charge in [0.25, 0.3) is 10.2 Å². The van der Waals surface area contributed by atoms with Crippen LogP contribution in [-0.2, 0) is 15.0 Å². The van der Waals surface area contributed by atoms with E-state index < -0.39 is 10.2 Å². The zero-order valence-corrected chi connectivity index (χ0v) is 16.0. The third-order valence-corrected chi connectivity index (χ3v) is 7.24. The molecule has 0 aromatic rings. The highest BCUT2D eigenvalue weighted by Gasteiger charge is 2.36. The summed E-state index contributed by atoms with van der Waals surface area (Å²) in [6, 6.07) is 0.267. The molecule has 0 radical (unpaired) electrons. The molecule has 24 heavy (non-hydrogen) atoms. The van der Waals surface area contributed by atoms with Crippen molar-refractivity contribution in [3.05, 3.63) is 0 Å². The van der Waals surface area contributed by atoms with Gasteiger partial charge in [0.2, 0.25) is 5.91 Å². The highest BCUT2D eigenvalue weighted by Crippen LogP contribution is 2.23. The Bertz CT molecular complexity index is 517. The summed E-state index contributed by atoms with van der Waals surface area (Å²) < 4.78 is 28.9. The Hall–Kier alpha value is -0.700. The van der Waals surface area contributed by atoms with E-state index in [1.807, 2.05) is 25.7 Å². The molecule has 0 aromatic carbocycles. The number of hydrogen-bond acceptors (Lipinski definition) is 4. The van der Waals surface area contributed by atoms with Crippen molar-refractivity contribution in [2.75, 3.05) is 39.3 Å². The molecule has 2 rings (SSSR count). The van der Waals surface area contributed by atoms with Gasteiger partial charge in [-0.3, -0.25) is 9.69 Å². The highest BCUT2D eigenvalue weighted by atomic mass is 32.2. The van der Waals surface area contributed by atoms with Gasteiger partial charge in [0.1, 0.15) is 0 Å². The van der Waals surface area contributed by atoms with Crippen LogP contribution in [0.25, 0.3) is 0 Å². The smallest absolute Gasteiger partial charge is 0.282 e. The third-order valence-electron chi connectivity index (χ3n) is 5.08. The Kier molecular flexibility index (Phi) is 7.03. The number of amides is 1. The molecule has 2 saturated heterocycles. The maximum absolute atomic E-state index is 12.8. The summed E-state index contributed by atoms with van der Waals surface area (Å²) in [5, 5.41) is 2.96. The van der Waals surface area contributed by atoms with Crippen LogP contribution in [0.3, 0.4) is 0 Å². The first kappa shape index (κ1) is 19.6. The number of piperidine rings is 1. The van der Waals surface area contributed by atoms with Gasteiger partial charge in [0, 0.05) is 44.8 Å². The lowest BCUT2D eigenvalue weighted by atomic mass is 10.1. The molecule has 2 fully saturated rings. The predicted molar refractivity (Wildman–Crippen MR) is 94.8 cm³/mol. The molecule has 140 valence electrons. The Balaban J connectivity index is 1.84. The molecule has 7 nitrogen and oxygen atoms in total. The lowest BCUT2D eigenvalue weighted by Gasteiger charge is -2.39. The van der Waals surface area contributed by atoms with Crippen molar-refractivity contribution in [1.29, 1.82) is 0 Å². The third kappa shape index (κ3) is 4.91. The predicted octanol–water partition coefficient (Wildman–Crippen LogP) is 0.638. The Morgan fingerprint density at radius 1 is 1.17 bits per heavy atom. The van der Waals surface area contributed by atoms with Crippen LogP contribution in [0.2, 0.25) is 0 Å². The van der Waals surface area contributed by atoms with Gasteiger partial charge >= 0.3 is 0 Å². The fourth-order valence-corrected chi connectivity index (χ4v) is 5.15. The van der Waals surface area contributed by atoms with E-state index in [0.29, 0.717) is 39.3 Å². The number of piperazine rings is 1. The first-order valence-corrected chi connectivity index (χ1v) is 10.5. The van der Waals surface area contributed by atoms with E-state index in [-0.39, 0.29) is 18.0 Å². The van der Waals surface area contributed by atoms with Crippen LogP contribution in [0.5, 0.6) is 0 Å². The SMILES string of the molecule is CCC(C)NC(=O)CN1CCN(S(=O)(=O)N2CCCCC2C)CC1. The number of carbonyl (C=O) groups is 1. The van der Waals surface area contributed by atoms with Gasteiger partial charge in [-0.1, -0.05) is 13.3 Å². The van der Waals surface area contributed by atoms with E-state index in [0.717, 1.165) is 25.7 Å². The van der Waals surface area contributed by atoms with E-state index in [1.54, 1.807) is 8.61 Å². The highest BCUT2D eigenvalue weighted by molar-refractivity contribution is 7.86. The first-order valence-electron chi connectivity index (χ1n) is 9.13. The van der Waals surface area contributed by atoms with Crippen molar-refractivity contribution in [2.45, 2.75) is 58.5 Å². The molecule has 0 spiro atoms. The monoisotopic (exact) mass is 360 g/mol. The van der Waals surface area contributed by atoms with Crippen molar-refractivity contribution in [3.63, 3.8) is 0 Å². The van der Waals surface area contributed by atoms with Crippen LogP contribution in [0.4, 0.5) is 0 Å². The molecule has 2 aliphatic rings. The zero-order chi connectivity index (χ0) is 17.7. The Morgan fingerprint density at radius 2 is 1.83 bits per heavy atom. The number of hydrogen-bond donors (Lipinski definition) is 1. The maximum atomic E-state index is 12.8. The molecule has 2 heterocycles. The van der Waals surface area contributed by atoms with E-state index >= 15 is 0 Å². The summed E-state index contributed by atoms with van der Waals surface area (Å²) >= 11 is 0. The van der Waals surface area contributed by atoms with Gasteiger partial charge in [-0.2, -0.15) is 17.0 Å². The minimum absolute atomic E-state index is 0.0188. The molecule has 0 aromatic heterocycles. The Morgan fingerprint density at radius 3 is 2.42 bits per heavy atom. The molecule has 0 aliphatic carbocycles. The summed E-state index contributed by atoms with van der Waals surface area (Å²) in [4.78, 5) is 14.0. The van der Waals surface area contributed by atoms with Crippen molar-refractivity contribution < 1.29 is 13.2 Å².